The lowest BCUT2D eigenvalue weighted by atomic mass is 9.77. The molecular weight excluding hydrogens is 300 g/mol. The third-order valence-corrected chi connectivity index (χ3v) is 3.54. The molecular formula is C15H18N4O4. The fourth-order valence-corrected chi connectivity index (χ4v) is 2.78. The molecule has 23 heavy (non-hydrogen) atoms. The average Bonchev–Trinajstić information content (AvgIpc) is 2.42. The maximum absolute atomic E-state index is 11.1. The van der Waals surface area contributed by atoms with Crippen LogP contribution in [0.4, 0.5) is 17.1 Å². The van der Waals surface area contributed by atoms with Gasteiger partial charge in [-0.05, 0) is 37.3 Å². The predicted molar refractivity (Wildman–Crippen MR) is 87.6 cm³/mol. The molecule has 1 aliphatic rings. The van der Waals surface area contributed by atoms with Gasteiger partial charge in [0.2, 0.25) is 0 Å². The molecule has 0 atom stereocenters. The highest BCUT2D eigenvalue weighted by Crippen LogP contribution is 2.34. The van der Waals surface area contributed by atoms with Crippen molar-refractivity contribution in [3.8, 4) is 0 Å². The number of anilines is 1. The van der Waals surface area contributed by atoms with Crippen molar-refractivity contribution in [2.45, 2.75) is 33.6 Å². The van der Waals surface area contributed by atoms with Crippen molar-refractivity contribution in [2.24, 2.45) is 10.5 Å². The van der Waals surface area contributed by atoms with Gasteiger partial charge in [-0.2, -0.15) is 5.10 Å². The van der Waals surface area contributed by atoms with Gasteiger partial charge in [0.25, 0.3) is 5.69 Å². The standard InChI is InChI=1S/C15H18N4O4/c1-10-6-11(9-15(2,3)8-10)16-17-13-5-4-12(18(20)21)7-14(13)19(22)23/h4-7,17H,8-9H2,1-3H3/b16-11-. The molecule has 0 amide bonds. The first-order chi connectivity index (χ1) is 10.7. The fourth-order valence-electron chi connectivity index (χ4n) is 2.78. The molecule has 0 unspecified atom stereocenters. The van der Waals surface area contributed by atoms with Crippen LogP contribution in [0.2, 0.25) is 0 Å². The highest BCUT2D eigenvalue weighted by Gasteiger charge is 2.25. The summed E-state index contributed by atoms with van der Waals surface area (Å²) in [5.41, 5.74) is 4.17. The maximum atomic E-state index is 11.1. The Morgan fingerprint density at radius 1 is 1.17 bits per heavy atom. The average molecular weight is 318 g/mol. The Hall–Kier alpha value is -2.77. The van der Waals surface area contributed by atoms with Gasteiger partial charge in [-0.1, -0.05) is 19.4 Å². The van der Waals surface area contributed by atoms with Crippen molar-refractivity contribution in [1.82, 2.24) is 0 Å². The number of hydrazone groups is 1. The van der Waals surface area contributed by atoms with Crippen LogP contribution in [0.25, 0.3) is 0 Å². The smallest absolute Gasteiger partial charge is 0.271 e. The first-order valence-electron chi connectivity index (χ1n) is 7.10. The summed E-state index contributed by atoms with van der Waals surface area (Å²) in [6.07, 6.45) is 3.68. The van der Waals surface area contributed by atoms with Crippen LogP contribution in [-0.2, 0) is 0 Å². The van der Waals surface area contributed by atoms with Crippen molar-refractivity contribution in [3.63, 3.8) is 0 Å². The predicted octanol–water partition coefficient (Wildman–Crippen LogP) is 4.04. The van der Waals surface area contributed by atoms with E-state index in [4.69, 9.17) is 0 Å². The lowest BCUT2D eigenvalue weighted by Gasteiger charge is -2.29. The van der Waals surface area contributed by atoms with Crippen LogP contribution in [0, 0.1) is 25.6 Å². The summed E-state index contributed by atoms with van der Waals surface area (Å²) >= 11 is 0. The minimum Gasteiger partial charge on any atom is -0.271 e. The molecule has 1 N–H and O–H groups in total. The number of nitro benzene ring substituents is 2. The van der Waals surface area contributed by atoms with Gasteiger partial charge in [-0.3, -0.25) is 25.7 Å². The first kappa shape index (κ1) is 16.6. The molecule has 8 nitrogen and oxygen atoms in total. The molecule has 0 spiro atoms. The number of nitrogens with one attached hydrogen (secondary N) is 1. The Morgan fingerprint density at radius 2 is 1.87 bits per heavy atom. The van der Waals surface area contributed by atoms with Crippen molar-refractivity contribution < 1.29 is 9.85 Å². The third kappa shape index (κ3) is 4.12. The van der Waals surface area contributed by atoms with Gasteiger partial charge < -0.3 is 0 Å². The summed E-state index contributed by atoms with van der Waals surface area (Å²) in [5, 5.41) is 26.0. The summed E-state index contributed by atoms with van der Waals surface area (Å²) < 4.78 is 0. The second-order valence-corrected chi connectivity index (χ2v) is 6.44. The number of benzene rings is 1. The van der Waals surface area contributed by atoms with E-state index in [9.17, 15) is 20.2 Å². The number of allylic oxidation sites excluding steroid dienone is 2. The van der Waals surface area contributed by atoms with E-state index in [-0.39, 0.29) is 22.5 Å². The van der Waals surface area contributed by atoms with Crippen LogP contribution in [0.15, 0.2) is 34.9 Å². The maximum Gasteiger partial charge on any atom is 0.301 e. The van der Waals surface area contributed by atoms with Crippen LogP contribution in [-0.4, -0.2) is 15.6 Å². The lowest BCUT2D eigenvalue weighted by Crippen LogP contribution is -2.21. The van der Waals surface area contributed by atoms with Crippen LogP contribution < -0.4 is 5.43 Å². The molecule has 0 heterocycles. The number of nitro groups is 2. The molecule has 1 aromatic rings. The van der Waals surface area contributed by atoms with Crippen LogP contribution in [0.3, 0.4) is 0 Å². The van der Waals surface area contributed by atoms with Crippen molar-refractivity contribution >= 4 is 22.8 Å². The van der Waals surface area contributed by atoms with E-state index in [1.165, 1.54) is 17.7 Å². The van der Waals surface area contributed by atoms with E-state index in [2.05, 4.69) is 24.4 Å². The van der Waals surface area contributed by atoms with E-state index >= 15 is 0 Å². The quantitative estimate of drug-likeness (QED) is 0.665. The van der Waals surface area contributed by atoms with E-state index in [1.54, 1.807) is 0 Å². The molecule has 122 valence electrons. The Bertz CT molecular complexity index is 722. The van der Waals surface area contributed by atoms with E-state index in [0.29, 0.717) is 0 Å². The Morgan fingerprint density at radius 3 is 2.43 bits per heavy atom. The number of hydrogen-bond donors (Lipinski definition) is 1. The number of nitrogens with zero attached hydrogens (tertiary/aromatic N) is 3. The van der Waals surface area contributed by atoms with Gasteiger partial charge in [0.05, 0.1) is 21.6 Å². The molecule has 0 saturated heterocycles. The Kier molecular flexibility index (Phi) is 4.44. The fraction of sp³-hybridized carbons (Fsp3) is 0.400. The summed E-state index contributed by atoms with van der Waals surface area (Å²) in [7, 11) is 0. The minimum atomic E-state index is -0.668. The second-order valence-electron chi connectivity index (χ2n) is 6.44. The number of non-ortho nitro benzene ring substituents is 1. The molecule has 0 aliphatic heterocycles. The van der Waals surface area contributed by atoms with Gasteiger partial charge in [0, 0.05) is 6.07 Å². The van der Waals surface area contributed by atoms with Gasteiger partial charge in [-0.25, -0.2) is 0 Å². The summed E-state index contributed by atoms with van der Waals surface area (Å²) in [4.78, 5) is 20.5. The third-order valence-electron chi connectivity index (χ3n) is 3.54. The first-order valence-corrected chi connectivity index (χ1v) is 7.10. The zero-order chi connectivity index (χ0) is 17.2. The van der Waals surface area contributed by atoms with Gasteiger partial charge in [-0.15, -0.1) is 0 Å². The minimum absolute atomic E-state index is 0.0841. The zero-order valence-electron chi connectivity index (χ0n) is 13.2. The van der Waals surface area contributed by atoms with Crippen LogP contribution in [0.1, 0.15) is 33.6 Å². The van der Waals surface area contributed by atoms with Crippen molar-refractivity contribution in [2.75, 3.05) is 5.43 Å². The summed E-state index contributed by atoms with van der Waals surface area (Å²) in [5.74, 6) is 0. The largest absolute Gasteiger partial charge is 0.301 e. The molecule has 2 rings (SSSR count). The molecule has 0 bridgehead atoms. The van der Waals surface area contributed by atoms with E-state index in [1.807, 2.05) is 13.0 Å². The van der Waals surface area contributed by atoms with Gasteiger partial charge in [0.15, 0.2) is 0 Å². The van der Waals surface area contributed by atoms with E-state index < -0.39 is 9.85 Å². The van der Waals surface area contributed by atoms with Crippen molar-refractivity contribution in [1.29, 1.82) is 0 Å². The molecule has 8 heteroatoms. The monoisotopic (exact) mass is 318 g/mol. The Balaban J connectivity index is 2.30. The summed E-state index contributed by atoms with van der Waals surface area (Å²) in [6, 6.07) is 3.43. The Labute approximate surface area is 133 Å². The molecule has 0 fully saturated rings. The zero-order valence-corrected chi connectivity index (χ0v) is 13.2. The topological polar surface area (TPSA) is 111 Å². The molecule has 1 aliphatic carbocycles. The van der Waals surface area contributed by atoms with Crippen LogP contribution in [0.5, 0.6) is 0 Å². The SMILES string of the molecule is CC1=C/C(=N/Nc2ccc([N+](=O)[O-])cc2[N+](=O)[O-])CC(C)(C)C1. The summed E-state index contributed by atoms with van der Waals surface area (Å²) in [6.45, 7) is 6.28. The van der Waals surface area contributed by atoms with Gasteiger partial charge in [0.1, 0.15) is 5.69 Å². The molecule has 1 aromatic carbocycles. The van der Waals surface area contributed by atoms with E-state index in [0.717, 1.165) is 24.6 Å². The number of rotatable bonds is 4. The van der Waals surface area contributed by atoms with Crippen molar-refractivity contribution in [3.05, 3.63) is 50.1 Å². The second kappa shape index (κ2) is 6.15. The van der Waals surface area contributed by atoms with Crippen LogP contribution >= 0.6 is 0 Å². The molecule has 0 aromatic heterocycles. The number of hydrogen-bond acceptors (Lipinski definition) is 6. The normalized spacial score (nSPS) is 18.4. The highest BCUT2D eigenvalue weighted by atomic mass is 16.6. The van der Waals surface area contributed by atoms with Gasteiger partial charge >= 0.3 is 5.69 Å². The molecule has 0 radical (unpaired) electrons. The molecule has 0 saturated carbocycles. The lowest BCUT2D eigenvalue weighted by molar-refractivity contribution is -0.393. The highest BCUT2D eigenvalue weighted by molar-refractivity contribution is 5.97.